The molecule has 2 amide bonds. The topological polar surface area (TPSA) is 66.9 Å². The summed E-state index contributed by atoms with van der Waals surface area (Å²) in [6.45, 7) is -0.637. The molecule has 0 aliphatic carbocycles. The van der Waals surface area contributed by atoms with E-state index >= 15 is 0 Å². The predicted octanol–water partition coefficient (Wildman–Crippen LogP) is 3.36. The first kappa shape index (κ1) is 19.9. The Labute approximate surface area is 169 Å². The number of nitrogens with zero attached hydrogens (tertiary/aromatic N) is 2. The molecule has 0 spiro atoms. The fourth-order valence-electron chi connectivity index (χ4n) is 4.07. The third kappa shape index (κ3) is 2.84. The van der Waals surface area contributed by atoms with Crippen LogP contribution in [-0.2, 0) is 27.1 Å². The molecule has 0 unspecified atom stereocenters. The van der Waals surface area contributed by atoms with Gasteiger partial charge in [0.25, 0.3) is 5.91 Å². The number of hydrogen-bond acceptors (Lipinski definition) is 4. The summed E-state index contributed by atoms with van der Waals surface area (Å²) >= 11 is 0. The van der Waals surface area contributed by atoms with E-state index in [0.29, 0.717) is 0 Å². The van der Waals surface area contributed by atoms with E-state index in [1.807, 2.05) is 0 Å². The van der Waals surface area contributed by atoms with Crippen LogP contribution < -0.4 is 4.90 Å². The van der Waals surface area contributed by atoms with Crippen molar-refractivity contribution in [3.63, 3.8) is 0 Å². The normalized spacial score (nSPS) is 20.8. The Morgan fingerprint density at radius 2 is 1.77 bits per heavy atom. The molecule has 2 aliphatic rings. The van der Waals surface area contributed by atoms with Gasteiger partial charge in [-0.2, -0.15) is 13.2 Å². The fourth-order valence-corrected chi connectivity index (χ4v) is 4.07. The van der Waals surface area contributed by atoms with Gasteiger partial charge in [0.05, 0.1) is 16.8 Å². The van der Waals surface area contributed by atoms with Gasteiger partial charge in [-0.1, -0.05) is 30.3 Å². The summed E-state index contributed by atoms with van der Waals surface area (Å²) in [4.78, 5) is 41.0. The average Bonchev–Trinajstić information content (AvgIpc) is 3.08. The molecule has 1 atom stereocenters. The molecule has 2 aliphatic heterocycles. The highest BCUT2D eigenvalue weighted by Crippen LogP contribution is 2.44. The van der Waals surface area contributed by atoms with Crippen molar-refractivity contribution in [1.82, 2.24) is 4.90 Å². The van der Waals surface area contributed by atoms with Crippen molar-refractivity contribution in [2.75, 3.05) is 11.9 Å². The van der Waals surface area contributed by atoms with Crippen LogP contribution in [0.15, 0.2) is 48.5 Å². The molecule has 2 aromatic carbocycles. The molecule has 2 heterocycles. The molecule has 4 rings (SSSR count). The van der Waals surface area contributed by atoms with Gasteiger partial charge >= 0.3 is 12.1 Å². The number of carbonyl (C=O) groups excluding carboxylic acids is 3. The molecule has 0 aromatic heterocycles. The maximum Gasteiger partial charge on any atom is 0.416 e. The van der Waals surface area contributed by atoms with Gasteiger partial charge in [-0.25, -0.2) is 4.79 Å². The molecule has 6 nitrogen and oxygen atoms in total. The zero-order chi connectivity index (χ0) is 21.7. The van der Waals surface area contributed by atoms with Gasteiger partial charge in [-0.15, -0.1) is 0 Å². The number of ether oxygens (including phenoxy) is 1. The number of likely N-dealkylation sites (N-methyl/N-ethyl adjacent to an activating group) is 1. The average molecular weight is 418 g/mol. The second kappa shape index (κ2) is 6.86. The number of rotatable bonds is 3. The lowest BCUT2D eigenvalue weighted by Crippen LogP contribution is -2.67. The van der Waals surface area contributed by atoms with E-state index in [0.717, 1.165) is 11.0 Å². The lowest BCUT2D eigenvalue weighted by molar-refractivity contribution is -0.159. The SMILES string of the molecule is CN1C(=O)c2ccccc2N2C(=O)CC[C@@]12C(=O)OCc1ccccc1C(F)(F)F. The summed E-state index contributed by atoms with van der Waals surface area (Å²) in [5, 5.41) is 0. The van der Waals surface area contributed by atoms with Crippen molar-refractivity contribution in [2.24, 2.45) is 0 Å². The van der Waals surface area contributed by atoms with Gasteiger partial charge in [0, 0.05) is 25.5 Å². The van der Waals surface area contributed by atoms with Crippen molar-refractivity contribution in [2.45, 2.75) is 31.3 Å². The molecular weight excluding hydrogens is 401 g/mol. The maximum atomic E-state index is 13.2. The Hall–Kier alpha value is -3.36. The number of amides is 2. The number of anilines is 1. The highest BCUT2D eigenvalue weighted by atomic mass is 19.4. The minimum atomic E-state index is -4.60. The molecule has 0 bridgehead atoms. The molecule has 2 aromatic rings. The zero-order valence-corrected chi connectivity index (χ0v) is 15.9. The van der Waals surface area contributed by atoms with Gasteiger partial charge < -0.3 is 9.64 Å². The van der Waals surface area contributed by atoms with E-state index in [1.165, 1.54) is 30.1 Å². The first-order valence-electron chi connectivity index (χ1n) is 9.20. The van der Waals surface area contributed by atoms with E-state index in [1.54, 1.807) is 24.3 Å². The quantitative estimate of drug-likeness (QED) is 0.717. The van der Waals surface area contributed by atoms with Crippen LogP contribution in [0.4, 0.5) is 18.9 Å². The third-order valence-electron chi connectivity index (χ3n) is 5.55. The van der Waals surface area contributed by atoms with Crippen molar-refractivity contribution in [3.05, 3.63) is 65.2 Å². The third-order valence-corrected chi connectivity index (χ3v) is 5.55. The van der Waals surface area contributed by atoms with E-state index < -0.39 is 35.9 Å². The van der Waals surface area contributed by atoms with Crippen LogP contribution in [-0.4, -0.2) is 35.4 Å². The first-order chi connectivity index (χ1) is 14.2. The van der Waals surface area contributed by atoms with Crippen molar-refractivity contribution < 1.29 is 32.3 Å². The van der Waals surface area contributed by atoms with Gasteiger partial charge in [0.1, 0.15) is 6.61 Å². The van der Waals surface area contributed by atoms with Crippen molar-refractivity contribution in [1.29, 1.82) is 0 Å². The largest absolute Gasteiger partial charge is 0.458 e. The number of para-hydroxylation sites is 1. The summed E-state index contributed by atoms with van der Waals surface area (Å²) in [7, 11) is 1.38. The second-order valence-corrected chi connectivity index (χ2v) is 7.16. The minimum absolute atomic E-state index is 0.000191. The Morgan fingerprint density at radius 1 is 1.10 bits per heavy atom. The molecule has 30 heavy (non-hydrogen) atoms. The van der Waals surface area contributed by atoms with Crippen molar-refractivity contribution in [3.8, 4) is 0 Å². The number of halogens is 3. The van der Waals surface area contributed by atoms with Crippen LogP contribution in [0, 0.1) is 0 Å². The van der Waals surface area contributed by atoms with Crippen LogP contribution in [0.3, 0.4) is 0 Å². The number of esters is 1. The number of benzene rings is 2. The monoisotopic (exact) mass is 418 g/mol. The Morgan fingerprint density at radius 3 is 2.50 bits per heavy atom. The fraction of sp³-hybridized carbons (Fsp3) is 0.286. The second-order valence-electron chi connectivity index (χ2n) is 7.16. The van der Waals surface area contributed by atoms with Gasteiger partial charge in [-0.05, 0) is 18.2 Å². The van der Waals surface area contributed by atoms with Crippen LogP contribution in [0.1, 0.15) is 34.3 Å². The summed E-state index contributed by atoms with van der Waals surface area (Å²) < 4.78 is 44.9. The smallest absolute Gasteiger partial charge is 0.416 e. The molecule has 1 fully saturated rings. The summed E-state index contributed by atoms with van der Waals surface area (Å²) in [5.41, 5.74) is -2.30. The van der Waals surface area contributed by atoms with E-state index in [2.05, 4.69) is 0 Å². The van der Waals surface area contributed by atoms with Gasteiger partial charge in [0.15, 0.2) is 0 Å². The zero-order valence-electron chi connectivity index (χ0n) is 15.9. The summed E-state index contributed by atoms with van der Waals surface area (Å²) in [5.74, 6) is -1.78. The van der Waals surface area contributed by atoms with Crippen LogP contribution >= 0.6 is 0 Å². The van der Waals surface area contributed by atoms with E-state index in [4.69, 9.17) is 4.74 Å². The highest BCUT2D eigenvalue weighted by Gasteiger charge is 2.60. The molecular formula is C21H17F3N2O4. The first-order valence-corrected chi connectivity index (χ1v) is 9.20. The standard InChI is InChI=1S/C21H17F3N2O4/c1-25-18(28)14-7-3-5-9-16(14)26-17(27)10-11-20(25,26)19(29)30-12-13-6-2-4-8-15(13)21(22,23)24/h2-9H,10-12H2,1H3/t20-/m1/s1. The Kier molecular flexibility index (Phi) is 4.56. The Bertz CT molecular complexity index is 1050. The molecule has 9 heteroatoms. The summed E-state index contributed by atoms with van der Waals surface area (Å²) in [6.07, 6.45) is -4.62. The molecule has 0 saturated carbocycles. The molecule has 156 valence electrons. The lowest BCUT2D eigenvalue weighted by atomic mass is 9.97. The van der Waals surface area contributed by atoms with Crippen molar-refractivity contribution >= 4 is 23.5 Å². The molecule has 1 saturated heterocycles. The summed E-state index contributed by atoms with van der Waals surface area (Å²) in [6, 6.07) is 11.2. The molecule has 0 N–H and O–H groups in total. The maximum absolute atomic E-state index is 13.2. The van der Waals surface area contributed by atoms with Crippen LogP contribution in [0.25, 0.3) is 0 Å². The number of hydrogen-bond donors (Lipinski definition) is 0. The number of fused-ring (bicyclic) bond motifs is 3. The van der Waals surface area contributed by atoms with Crippen LogP contribution in [0.5, 0.6) is 0 Å². The predicted molar refractivity (Wildman–Crippen MR) is 99.2 cm³/mol. The molecule has 0 radical (unpaired) electrons. The Balaban J connectivity index is 1.69. The number of alkyl halides is 3. The van der Waals surface area contributed by atoms with E-state index in [-0.39, 0.29) is 35.6 Å². The lowest BCUT2D eigenvalue weighted by Gasteiger charge is -2.46. The minimum Gasteiger partial charge on any atom is -0.458 e. The van der Waals surface area contributed by atoms with E-state index in [9.17, 15) is 27.6 Å². The number of carbonyl (C=O) groups is 3. The highest BCUT2D eigenvalue weighted by molar-refractivity contribution is 6.15. The van der Waals surface area contributed by atoms with Gasteiger partial charge in [-0.3, -0.25) is 14.5 Å². The van der Waals surface area contributed by atoms with Gasteiger partial charge in [0.2, 0.25) is 11.6 Å². The van der Waals surface area contributed by atoms with Crippen LogP contribution in [0.2, 0.25) is 0 Å².